The van der Waals surface area contributed by atoms with Crippen molar-refractivity contribution in [1.29, 1.82) is 0 Å². The predicted molar refractivity (Wildman–Crippen MR) is 58.4 cm³/mol. The standard InChI is InChI=1S/C10H12O5S/c11-8-9-2-4-10(5-3-9)15-6-1-7-16(12,13)14/h2-5,8H,1,6-7H2,(H,12,13,14). The van der Waals surface area contributed by atoms with Gasteiger partial charge >= 0.3 is 0 Å². The van der Waals surface area contributed by atoms with E-state index in [0.717, 1.165) is 6.29 Å². The number of benzene rings is 1. The van der Waals surface area contributed by atoms with Crippen LogP contribution in [0.5, 0.6) is 5.75 Å². The van der Waals surface area contributed by atoms with Crippen molar-refractivity contribution in [2.45, 2.75) is 6.42 Å². The van der Waals surface area contributed by atoms with Gasteiger partial charge < -0.3 is 4.74 Å². The van der Waals surface area contributed by atoms with Gasteiger partial charge in [0.2, 0.25) is 0 Å². The summed E-state index contributed by atoms with van der Waals surface area (Å²) in [4.78, 5) is 10.4. The number of carbonyl (C=O) groups excluding carboxylic acids is 1. The van der Waals surface area contributed by atoms with Crippen LogP contribution in [0.1, 0.15) is 16.8 Å². The lowest BCUT2D eigenvalue weighted by Gasteiger charge is -2.04. The van der Waals surface area contributed by atoms with E-state index in [1.165, 1.54) is 0 Å². The van der Waals surface area contributed by atoms with Gasteiger partial charge in [-0.05, 0) is 30.7 Å². The first-order chi connectivity index (χ1) is 7.51. The summed E-state index contributed by atoms with van der Waals surface area (Å²) in [5.74, 6) is 0.236. The molecule has 0 fully saturated rings. The van der Waals surface area contributed by atoms with Crippen molar-refractivity contribution in [3.8, 4) is 5.75 Å². The van der Waals surface area contributed by atoms with Gasteiger partial charge in [-0.2, -0.15) is 8.42 Å². The van der Waals surface area contributed by atoms with E-state index in [0.29, 0.717) is 11.3 Å². The van der Waals surface area contributed by atoms with Gasteiger partial charge in [-0.15, -0.1) is 0 Å². The number of aldehydes is 1. The van der Waals surface area contributed by atoms with Gasteiger partial charge in [-0.1, -0.05) is 0 Å². The van der Waals surface area contributed by atoms with E-state index in [1.54, 1.807) is 24.3 Å². The lowest BCUT2D eigenvalue weighted by atomic mass is 10.2. The zero-order chi connectivity index (χ0) is 12.0. The van der Waals surface area contributed by atoms with E-state index >= 15 is 0 Å². The van der Waals surface area contributed by atoms with Gasteiger partial charge in [0, 0.05) is 5.56 Å². The zero-order valence-corrected chi connectivity index (χ0v) is 9.31. The molecule has 0 bridgehead atoms. The third kappa shape index (κ3) is 4.90. The van der Waals surface area contributed by atoms with Crippen molar-refractivity contribution < 1.29 is 22.5 Å². The average Bonchev–Trinajstić information content (AvgIpc) is 2.24. The van der Waals surface area contributed by atoms with Crippen molar-refractivity contribution in [3.63, 3.8) is 0 Å². The number of carbonyl (C=O) groups is 1. The molecular weight excluding hydrogens is 232 g/mol. The van der Waals surface area contributed by atoms with Crippen LogP contribution in [-0.4, -0.2) is 31.6 Å². The molecule has 0 aliphatic rings. The Hall–Kier alpha value is -1.40. The van der Waals surface area contributed by atoms with Gasteiger partial charge in [-0.3, -0.25) is 9.35 Å². The lowest BCUT2D eigenvalue weighted by Crippen LogP contribution is -2.08. The summed E-state index contributed by atoms with van der Waals surface area (Å²) >= 11 is 0. The molecule has 0 atom stereocenters. The molecule has 1 aromatic carbocycles. The molecule has 0 aliphatic carbocycles. The summed E-state index contributed by atoms with van der Waals surface area (Å²) in [5, 5.41) is 0. The van der Waals surface area contributed by atoms with E-state index in [9.17, 15) is 13.2 Å². The molecule has 0 aliphatic heterocycles. The predicted octanol–water partition coefficient (Wildman–Crippen LogP) is 1.16. The molecule has 0 saturated carbocycles. The first-order valence-corrected chi connectivity index (χ1v) is 6.25. The Balaban J connectivity index is 2.35. The zero-order valence-electron chi connectivity index (χ0n) is 8.50. The molecule has 16 heavy (non-hydrogen) atoms. The van der Waals surface area contributed by atoms with Crippen molar-refractivity contribution >= 4 is 16.4 Å². The number of hydrogen-bond donors (Lipinski definition) is 1. The number of hydrogen-bond acceptors (Lipinski definition) is 4. The summed E-state index contributed by atoms with van der Waals surface area (Å²) in [6.07, 6.45) is 0.941. The van der Waals surface area contributed by atoms with Crippen molar-refractivity contribution in [3.05, 3.63) is 29.8 Å². The van der Waals surface area contributed by atoms with Crippen LogP contribution >= 0.6 is 0 Å². The minimum absolute atomic E-state index is 0.195. The normalized spacial score (nSPS) is 11.1. The Labute approximate surface area is 93.8 Å². The Kier molecular flexibility index (Phi) is 4.45. The van der Waals surface area contributed by atoms with Gasteiger partial charge in [0.25, 0.3) is 10.1 Å². The molecule has 1 rings (SSSR count). The average molecular weight is 244 g/mol. The Morgan fingerprint density at radius 3 is 2.38 bits per heavy atom. The van der Waals surface area contributed by atoms with Crippen LogP contribution < -0.4 is 4.74 Å². The van der Waals surface area contributed by atoms with Gasteiger partial charge in [0.1, 0.15) is 12.0 Å². The third-order valence-electron chi connectivity index (χ3n) is 1.83. The molecule has 0 amide bonds. The maximum absolute atomic E-state index is 10.4. The fraction of sp³-hybridized carbons (Fsp3) is 0.300. The second-order valence-corrected chi connectivity index (χ2v) is 4.75. The van der Waals surface area contributed by atoms with Crippen LogP contribution in [0.4, 0.5) is 0 Å². The monoisotopic (exact) mass is 244 g/mol. The molecule has 1 aromatic rings. The topological polar surface area (TPSA) is 80.7 Å². The fourth-order valence-corrected chi connectivity index (χ4v) is 1.56. The van der Waals surface area contributed by atoms with Gasteiger partial charge in [-0.25, -0.2) is 0 Å². The summed E-state index contributed by atoms with van der Waals surface area (Å²) in [6, 6.07) is 6.45. The van der Waals surface area contributed by atoms with Crippen LogP contribution in [-0.2, 0) is 10.1 Å². The molecule has 0 saturated heterocycles. The second kappa shape index (κ2) is 5.62. The SMILES string of the molecule is O=Cc1ccc(OCCCS(=O)(=O)O)cc1. The van der Waals surface area contributed by atoms with Crippen LogP contribution in [0.15, 0.2) is 24.3 Å². The molecule has 0 radical (unpaired) electrons. The van der Waals surface area contributed by atoms with E-state index in [2.05, 4.69) is 0 Å². The lowest BCUT2D eigenvalue weighted by molar-refractivity contribution is 0.112. The first kappa shape index (κ1) is 12.7. The van der Waals surface area contributed by atoms with Crippen LogP contribution in [0, 0.1) is 0 Å². The molecule has 5 nitrogen and oxygen atoms in total. The Bertz CT molecular complexity index is 435. The van der Waals surface area contributed by atoms with Gasteiger partial charge in [0.15, 0.2) is 0 Å². The molecular formula is C10H12O5S. The number of rotatable bonds is 6. The maximum atomic E-state index is 10.4. The quantitative estimate of drug-likeness (QED) is 0.461. The van der Waals surface area contributed by atoms with Crippen molar-refractivity contribution in [1.82, 2.24) is 0 Å². The summed E-state index contributed by atoms with van der Waals surface area (Å²) in [7, 11) is -3.92. The van der Waals surface area contributed by atoms with Crippen LogP contribution in [0.3, 0.4) is 0 Å². The highest BCUT2D eigenvalue weighted by molar-refractivity contribution is 7.85. The highest BCUT2D eigenvalue weighted by Gasteiger charge is 2.03. The molecule has 1 N–H and O–H groups in total. The Morgan fingerprint density at radius 2 is 1.88 bits per heavy atom. The highest BCUT2D eigenvalue weighted by Crippen LogP contribution is 2.11. The minimum Gasteiger partial charge on any atom is -0.494 e. The van der Waals surface area contributed by atoms with Crippen molar-refractivity contribution in [2.24, 2.45) is 0 Å². The van der Waals surface area contributed by atoms with E-state index < -0.39 is 10.1 Å². The summed E-state index contributed by atoms with van der Waals surface area (Å²) in [5.41, 5.74) is 0.547. The molecule has 88 valence electrons. The van der Waals surface area contributed by atoms with E-state index in [1.807, 2.05) is 0 Å². The van der Waals surface area contributed by atoms with Gasteiger partial charge in [0.05, 0.1) is 12.4 Å². The smallest absolute Gasteiger partial charge is 0.264 e. The third-order valence-corrected chi connectivity index (χ3v) is 2.64. The van der Waals surface area contributed by atoms with Crippen molar-refractivity contribution in [2.75, 3.05) is 12.4 Å². The molecule has 6 heteroatoms. The summed E-state index contributed by atoms with van der Waals surface area (Å²) < 4.78 is 34.4. The summed E-state index contributed by atoms with van der Waals surface area (Å²) in [6.45, 7) is 0.195. The molecule has 0 heterocycles. The second-order valence-electron chi connectivity index (χ2n) is 3.17. The highest BCUT2D eigenvalue weighted by atomic mass is 32.2. The molecule has 0 unspecified atom stereocenters. The largest absolute Gasteiger partial charge is 0.494 e. The van der Waals surface area contributed by atoms with E-state index in [-0.39, 0.29) is 18.8 Å². The van der Waals surface area contributed by atoms with Crippen LogP contribution in [0.25, 0.3) is 0 Å². The molecule has 0 aromatic heterocycles. The van der Waals surface area contributed by atoms with Crippen LogP contribution in [0.2, 0.25) is 0 Å². The molecule has 0 spiro atoms. The maximum Gasteiger partial charge on any atom is 0.264 e. The first-order valence-electron chi connectivity index (χ1n) is 4.64. The van der Waals surface area contributed by atoms with E-state index in [4.69, 9.17) is 9.29 Å². The fourth-order valence-electron chi connectivity index (χ4n) is 1.07. The Morgan fingerprint density at radius 1 is 1.25 bits per heavy atom. The number of ether oxygens (including phenoxy) is 1. The minimum atomic E-state index is -3.92.